The van der Waals surface area contributed by atoms with Gasteiger partial charge in [-0.25, -0.2) is 0 Å². The second-order valence-electron chi connectivity index (χ2n) is 4.05. The minimum Gasteiger partial charge on any atom is -0.395 e. The highest BCUT2D eigenvalue weighted by molar-refractivity contribution is 4.82. The van der Waals surface area contributed by atoms with Gasteiger partial charge in [0.25, 0.3) is 0 Å². The van der Waals surface area contributed by atoms with Crippen molar-refractivity contribution in [3.8, 4) is 0 Å². The molecule has 4 atom stereocenters. The van der Waals surface area contributed by atoms with Gasteiger partial charge in [-0.1, -0.05) is 0 Å². The SMILES string of the molecule is OCCN(CCO)C[C@H](O)[C@@H](O)[C@H](O)[C@H](O)CO. The fourth-order valence-electron chi connectivity index (χ4n) is 1.51. The zero-order chi connectivity index (χ0) is 14.1. The summed E-state index contributed by atoms with van der Waals surface area (Å²) in [6.45, 7) is -0.777. The van der Waals surface area contributed by atoms with Crippen molar-refractivity contribution in [2.75, 3.05) is 39.5 Å². The van der Waals surface area contributed by atoms with Gasteiger partial charge >= 0.3 is 0 Å². The molecule has 0 bridgehead atoms. The number of hydrogen-bond donors (Lipinski definition) is 7. The molecule has 0 aliphatic heterocycles. The molecule has 0 unspecified atom stereocenters. The van der Waals surface area contributed by atoms with Crippen molar-refractivity contribution in [2.45, 2.75) is 24.4 Å². The quantitative estimate of drug-likeness (QED) is 0.211. The lowest BCUT2D eigenvalue weighted by molar-refractivity contribution is -0.120. The van der Waals surface area contributed by atoms with Gasteiger partial charge in [0.05, 0.1) is 25.9 Å². The highest BCUT2D eigenvalue weighted by Gasteiger charge is 2.30. The van der Waals surface area contributed by atoms with E-state index in [4.69, 9.17) is 20.4 Å². The van der Waals surface area contributed by atoms with Crippen LogP contribution in [0.3, 0.4) is 0 Å². The molecule has 0 fully saturated rings. The van der Waals surface area contributed by atoms with Crippen LogP contribution in [-0.4, -0.2) is 105 Å². The van der Waals surface area contributed by atoms with Crippen LogP contribution in [0.2, 0.25) is 0 Å². The third kappa shape index (κ3) is 6.03. The Balaban J connectivity index is 4.29. The van der Waals surface area contributed by atoms with Crippen LogP contribution in [0, 0.1) is 0 Å². The fraction of sp³-hybridized carbons (Fsp3) is 1.00. The van der Waals surface area contributed by atoms with E-state index in [0.717, 1.165) is 0 Å². The van der Waals surface area contributed by atoms with Gasteiger partial charge in [-0.15, -0.1) is 0 Å². The third-order valence-corrected chi connectivity index (χ3v) is 2.60. The first-order valence-corrected chi connectivity index (χ1v) is 5.75. The Hall–Kier alpha value is -0.320. The lowest BCUT2D eigenvalue weighted by Gasteiger charge is -2.29. The van der Waals surface area contributed by atoms with Crippen LogP contribution in [0.4, 0.5) is 0 Å². The van der Waals surface area contributed by atoms with Gasteiger partial charge in [-0.3, -0.25) is 4.90 Å². The van der Waals surface area contributed by atoms with Crippen molar-refractivity contribution in [1.29, 1.82) is 0 Å². The minimum absolute atomic E-state index is 0.0858. The van der Waals surface area contributed by atoms with Crippen molar-refractivity contribution in [1.82, 2.24) is 4.90 Å². The molecule has 0 aromatic heterocycles. The Labute approximate surface area is 105 Å². The van der Waals surface area contributed by atoms with E-state index in [-0.39, 0.29) is 32.8 Å². The molecule has 18 heavy (non-hydrogen) atoms. The molecule has 0 spiro atoms. The maximum Gasteiger partial charge on any atom is 0.111 e. The molecule has 0 amide bonds. The lowest BCUT2D eigenvalue weighted by Crippen LogP contribution is -2.50. The molecule has 110 valence electrons. The van der Waals surface area contributed by atoms with Crippen molar-refractivity contribution in [3.63, 3.8) is 0 Å². The number of aliphatic hydroxyl groups excluding tert-OH is 7. The van der Waals surface area contributed by atoms with E-state index in [2.05, 4.69) is 0 Å². The molecule has 7 N–H and O–H groups in total. The van der Waals surface area contributed by atoms with Gasteiger partial charge in [0.2, 0.25) is 0 Å². The van der Waals surface area contributed by atoms with E-state index >= 15 is 0 Å². The Morgan fingerprint density at radius 1 is 0.722 bits per heavy atom. The summed E-state index contributed by atoms with van der Waals surface area (Å²) in [4.78, 5) is 1.49. The van der Waals surface area contributed by atoms with Crippen molar-refractivity contribution in [3.05, 3.63) is 0 Å². The summed E-state index contributed by atoms with van der Waals surface area (Å²) in [6.07, 6.45) is -6.22. The van der Waals surface area contributed by atoms with Crippen LogP contribution in [0.5, 0.6) is 0 Å². The zero-order valence-corrected chi connectivity index (χ0v) is 10.1. The first-order chi connectivity index (χ1) is 8.47. The average Bonchev–Trinajstić information content (AvgIpc) is 2.36. The lowest BCUT2D eigenvalue weighted by atomic mass is 10.0. The number of rotatable bonds is 10. The number of hydrogen-bond acceptors (Lipinski definition) is 8. The molecule has 8 heteroatoms. The summed E-state index contributed by atoms with van der Waals surface area (Å²) in [5.41, 5.74) is 0. The van der Waals surface area contributed by atoms with Gasteiger partial charge < -0.3 is 35.7 Å². The van der Waals surface area contributed by atoms with Crippen LogP contribution >= 0.6 is 0 Å². The van der Waals surface area contributed by atoms with E-state index in [1.54, 1.807) is 0 Å². The molecule has 0 aliphatic carbocycles. The van der Waals surface area contributed by atoms with Crippen molar-refractivity contribution in [2.24, 2.45) is 0 Å². The molecule has 8 nitrogen and oxygen atoms in total. The summed E-state index contributed by atoms with van der Waals surface area (Å²) in [7, 11) is 0. The Morgan fingerprint density at radius 2 is 1.17 bits per heavy atom. The van der Waals surface area contributed by atoms with Gasteiger partial charge in [0.1, 0.15) is 18.3 Å². The third-order valence-electron chi connectivity index (χ3n) is 2.60. The Kier molecular flexibility index (Phi) is 9.42. The predicted octanol–water partition coefficient (Wildman–Crippen LogP) is -4.29. The van der Waals surface area contributed by atoms with Gasteiger partial charge in [-0.2, -0.15) is 0 Å². The van der Waals surface area contributed by atoms with Gasteiger partial charge in [-0.05, 0) is 0 Å². The first kappa shape index (κ1) is 17.7. The van der Waals surface area contributed by atoms with E-state index in [0.29, 0.717) is 0 Å². The fourth-order valence-corrected chi connectivity index (χ4v) is 1.51. The molecular formula is C10H23NO7. The predicted molar refractivity (Wildman–Crippen MR) is 61.7 cm³/mol. The zero-order valence-electron chi connectivity index (χ0n) is 10.1. The van der Waals surface area contributed by atoms with Crippen molar-refractivity contribution >= 4 is 0 Å². The molecule has 0 radical (unpaired) electrons. The second kappa shape index (κ2) is 9.59. The Morgan fingerprint density at radius 3 is 1.56 bits per heavy atom. The maximum absolute atomic E-state index is 9.65. The molecule has 0 aromatic rings. The van der Waals surface area contributed by atoms with Crippen molar-refractivity contribution < 1.29 is 35.7 Å². The summed E-state index contributed by atoms with van der Waals surface area (Å²) in [6, 6.07) is 0. The van der Waals surface area contributed by atoms with Crippen LogP contribution in [0.25, 0.3) is 0 Å². The van der Waals surface area contributed by atoms with E-state index in [1.165, 1.54) is 4.90 Å². The maximum atomic E-state index is 9.65. The molecule has 0 saturated heterocycles. The summed E-state index contributed by atoms with van der Waals surface area (Å²) < 4.78 is 0. The monoisotopic (exact) mass is 269 g/mol. The second-order valence-corrected chi connectivity index (χ2v) is 4.05. The summed E-state index contributed by atoms with van der Waals surface area (Å²) in [5.74, 6) is 0. The number of nitrogens with zero attached hydrogens (tertiary/aromatic N) is 1. The molecule has 0 aromatic carbocycles. The molecule has 0 heterocycles. The van der Waals surface area contributed by atoms with Crippen LogP contribution < -0.4 is 0 Å². The first-order valence-electron chi connectivity index (χ1n) is 5.75. The van der Waals surface area contributed by atoms with Crippen LogP contribution in [-0.2, 0) is 0 Å². The molecule has 0 rings (SSSR count). The topological polar surface area (TPSA) is 145 Å². The van der Waals surface area contributed by atoms with E-state index in [9.17, 15) is 15.3 Å². The van der Waals surface area contributed by atoms with E-state index in [1.807, 2.05) is 0 Å². The molecule has 0 aliphatic rings. The van der Waals surface area contributed by atoms with E-state index < -0.39 is 31.0 Å². The summed E-state index contributed by atoms with van der Waals surface area (Å²) in [5, 5.41) is 63.8. The highest BCUT2D eigenvalue weighted by Crippen LogP contribution is 2.06. The van der Waals surface area contributed by atoms with Crippen LogP contribution in [0.15, 0.2) is 0 Å². The van der Waals surface area contributed by atoms with Gasteiger partial charge in [0, 0.05) is 19.6 Å². The van der Waals surface area contributed by atoms with Crippen LogP contribution in [0.1, 0.15) is 0 Å². The normalized spacial score (nSPS) is 18.7. The molecular weight excluding hydrogens is 246 g/mol. The molecule has 0 saturated carbocycles. The average molecular weight is 269 g/mol. The number of aliphatic hydroxyl groups is 7. The highest BCUT2D eigenvalue weighted by atomic mass is 16.4. The Bertz CT molecular complexity index is 201. The minimum atomic E-state index is -1.67. The largest absolute Gasteiger partial charge is 0.395 e. The van der Waals surface area contributed by atoms with Gasteiger partial charge in [0.15, 0.2) is 0 Å². The summed E-state index contributed by atoms with van der Waals surface area (Å²) >= 11 is 0. The smallest absolute Gasteiger partial charge is 0.111 e. The standard InChI is InChI=1S/C10H23NO7/c12-3-1-11(2-4-13)5-7(15)9(17)10(18)8(16)6-14/h7-10,12-18H,1-6H2/t7-,8+,9+,10+/m0/s1.